The van der Waals surface area contributed by atoms with Gasteiger partial charge in [-0.05, 0) is 42.8 Å². The lowest BCUT2D eigenvalue weighted by atomic mass is 9.98. The first-order valence-corrected chi connectivity index (χ1v) is 9.43. The Kier molecular flexibility index (Phi) is 7.66. The van der Waals surface area contributed by atoms with E-state index in [1.54, 1.807) is 6.92 Å². The van der Waals surface area contributed by atoms with Gasteiger partial charge in [-0.15, -0.1) is 0 Å². The third kappa shape index (κ3) is 5.08. The number of nitrogens with zero attached hydrogens (tertiary/aromatic N) is 1. The van der Waals surface area contributed by atoms with Crippen molar-refractivity contribution in [3.63, 3.8) is 0 Å². The average Bonchev–Trinajstić information content (AvgIpc) is 2.60. The quantitative estimate of drug-likeness (QED) is 0.410. The van der Waals surface area contributed by atoms with Crippen molar-refractivity contribution in [1.29, 1.82) is 0 Å². The third-order valence-electron chi connectivity index (χ3n) is 4.17. The fourth-order valence-corrected chi connectivity index (χ4v) is 3.79. The SMILES string of the molecule is CCC(=O)c1c(Cl)cc(C=O)c(CCN(C)Cc2cccc(Cl)c2)c1Cl. The molecule has 0 radical (unpaired) electrons. The minimum atomic E-state index is -0.133. The molecule has 0 saturated carbocycles. The summed E-state index contributed by atoms with van der Waals surface area (Å²) in [5.74, 6) is -0.133. The highest BCUT2D eigenvalue weighted by Crippen LogP contribution is 2.32. The van der Waals surface area contributed by atoms with Gasteiger partial charge in [-0.1, -0.05) is 53.9 Å². The fraction of sp³-hybridized carbons (Fsp3) is 0.300. The molecule has 0 bridgehead atoms. The summed E-state index contributed by atoms with van der Waals surface area (Å²) in [5.41, 5.74) is 2.47. The second-order valence-corrected chi connectivity index (χ2v) is 7.35. The van der Waals surface area contributed by atoms with Crippen molar-refractivity contribution in [2.24, 2.45) is 0 Å². The van der Waals surface area contributed by atoms with E-state index in [0.717, 1.165) is 11.8 Å². The number of ketones is 1. The molecule has 0 N–H and O–H groups in total. The molecular formula is C20H20Cl3NO2. The molecule has 0 atom stereocenters. The van der Waals surface area contributed by atoms with Crippen molar-refractivity contribution < 1.29 is 9.59 Å². The maximum absolute atomic E-state index is 12.1. The Morgan fingerprint density at radius 2 is 1.92 bits per heavy atom. The number of halogens is 3. The Hall–Kier alpha value is -1.39. The standard InChI is InChI=1S/C20H20Cl3NO2/c1-3-18(26)19-17(22)10-14(12-25)16(20(19)23)7-8-24(2)11-13-5-4-6-15(21)9-13/h4-6,9-10,12H,3,7-8,11H2,1-2H3. The molecule has 6 heteroatoms. The van der Waals surface area contributed by atoms with E-state index in [4.69, 9.17) is 34.8 Å². The Bertz CT molecular complexity index is 821. The van der Waals surface area contributed by atoms with Gasteiger partial charge in [-0.25, -0.2) is 0 Å². The van der Waals surface area contributed by atoms with Gasteiger partial charge >= 0.3 is 0 Å². The van der Waals surface area contributed by atoms with E-state index in [1.165, 1.54) is 6.07 Å². The van der Waals surface area contributed by atoms with E-state index >= 15 is 0 Å². The van der Waals surface area contributed by atoms with Crippen LogP contribution in [0.4, 0.5) is 0 Å². The lowest BCUT2D eigenvalue weighted by molar-refractivity contribution is 0.0987. The van der Waals surface area contributed by atoms with Gasteiger partial charge in [0.2, 0.25) is 0 Å². The van der Waals surface area contributed by atoms with Gasteiger partial charge in [0.05, 0.1) is 15.6 Å². The molecule has 0 spiro atoms. The van der Waals surface area contributed by atoms with E-state index in [9.17, 15) is 9.59 Å². The lowest BCUT2D eigenvalue weighted by Gasteiger charge is -2.19. The van der Waals surface area contributed by atoms with Crippen LogP contribution in [0.2, 0.25) is 15.1 Å². The van der Waals surface area contributed by atoms with Crippen LogP contribution in [0.15, 0.2) is 30.3 Å². The molecule has 0 unspecified atom stereocenters. The van der Waals surface area contributed by atoms with Gasteiger partial charge in [0.15, 0.2) is 5.78 Å². The molecule has 0 aliphatic heterocycles. The minimum Gasteiger partial charge on any atom is -0.302 e. The first-order valence-electron chi connectivity index (χ1n) is 8.29. The Balaban J connectivity index is 2.20. The zero-order chi connectivity index (χ0) is 19.3. The van der Waals surface area contributed by atoms with Gasteiger partial charge < -0.3 is 4.90 Å². The number of hydrogen-bond donors (Lipinski definition) is 0. The minimum absolute atomic E-state index is 0.133. The number of benzene rings is 2. The molecule has 2 aromatic rings. The van der Waals surface area contributed by atoms with Crippen LogP contribution in [0.1, 0.15) is 45.2 Å². The molecule has 26 heavy (non-hydrogen) atoms. The van der Waals surface area contributed by atoms with Crippen LogP contribution in [0, 0.1) is 0 Å². The first-order chi connectivity index (χ1) is 12.4. The predicted molar refractivity (Wildman–Crippen MR) is 108 cm³/mol. The van der Waals surface area contributed by atoms with E-state index in [0.29, 0.717) is 47.6 Å². The summed E-state index contributed by atoms with van der Waals surface area (Å²) < 4.78 is 0. The first kappa shape index (κ1) is 20.9. The molecule has 0 fully saturated rings. The van der Waals surface area contributed by atoms with Crippen LogP contribution in [0.25, 0.3) is 0 Å². The summed E-state index contributed by atoms with van der Waals surface area (Å²) in [6.07, 6.45) is 1.56. The highest BCUT2D eigenvalue weighted by Gasteiger charge is 2.20. The van der Waals surface area contributed by atoms with Gasteiger partial charge in [-0.3, -0.25) is 9.59 Å². The maximum Gasteiger partial charge on any atom is 0.165 e. The number of Topliss-reactive ketones (excluding diaryl/α,β-unsaturated/α-hetero) is 1. The molecule has 0 aromatic heterocycles. The number of aldehydes is 1. The number of carbonyl (C=O) groups is 2. The zero-order valence-electron chi connectivity index (χ0n) is 14.7. The highest BCUT2D eigenvalue weighted by molar-refractivity contribution is 6.40. The molecule has 0 aliphatic carbocycles. The van der Waals surface area contributed by atoms with E-state index in [-0.39, 0.29) is 15.8 Å². The summed E-state index contributed by atoms with van der Waals surface area (Å²) in [5, 5.41) is 1.20. The van der Waals surface area contributed by atoms with Crippen LogP contribution >= 0.6 is 34.8 Å². The number of carbonyl (C=O) groups excluding carboxylic acids is 2. The summed E-state index contributed by atoms with van der Waals surface area (Å²) in [6, 6.07) is 9.19. The average molecular weight is 413 g/mol. The van der Waals surface area contributed by atoms with Crippen molar-refractivity contribution in [3.05, 3.63) is 67.7 Å². The number of likely N-dealkylation sites (N-methyl/N-ethyl adjacent to an activating group) is 1. The zero-order valence-corrected chi connectivity index (χ0v) is 17.0. The van der Waals surface area contributed by atoms with Gasteiger partial charge in [0.25, 0.3) is 0 Å². The summed E-state index contributed by atoms with van der Waals surface area (Å²) in [7, 11) is 1.98. The van der Waals surface area contributed by atoms with Gasteiger partial charge in [0.1, 0.15) is 6.29 Å². The van der Waals surface area contributed by atoms with E-state index < -0.39 is 0 Å². The normalized spacial score (nSPS) is 11.0. The monoisotopic (exact) mass is 411 g/mol. The molecule has 3 nitrogen and oxygen atoms in total. The van der Waals surface area contributed by atoms with Crippen molar-refractivity contribution in [1.82, 2.24) is 4.90 Å². The molecule has 0 saturated heterocycles. The summed E-state index contributed by atoms with van der Waals surface area (Å²) in [6.45, 7) is 3.12. The largest absolute Gasteiger partial charge is 0.302 e. The van der Waals surface area contributed by atoms with E-state index in [2.05, 4.69) is 4.90 Å². The highest BCUT2D eigenvalue weighted by atomic mass is 35.5. The maximum atomic E-state index is 12.1. The molecular weight excluding hydrogens is 393 g/mol. The summed E-state index contributed by atoms with van der Waals surface area (Å²) >= 11 is 18.6. The second kappa shape index (κ2) is 9.52. The Morgan fingerprint density at radius 1 is 1.19 bits per heavy atom. The second-order valence-electron chi connectivity index (χ2n) is 6.13. The molecule has 2 rings (SSSR count). The number of rotatable bonds is 8. The topological polar surface area (TPSA) is 37.4 Å². The predicted octanol–water partition coefficient (Wildman–Crippen LogP) is 5.73. The molecule has 0 aliphatic rings. The Morgan fingerprint density at radius 3 is 2.54 bits per heavy atom. The molecule has 0 amide bonds. The Labute approximate surface area is 168 Å². The van der Waals surface area contributed by atoms with Crippen molar-refractivity contribution >= 4 is 46.9 Å². The fourth-order valence-electron chi connectivity index (χ4n) is 2.80. The number of hydrogen-bond acceptors (Lipinski definition) is 3. The van der Waals surface area contributed by atoms with E-state index in [1.807, 2.05) is 31.3 Å². The lowest BCUT2D eigenvalue weighted by Crippen LogP contribution is -2.21. The van der Waals surface area contributed by atoms with Crippen LogP contribution in [-0.2, 0) is 13.0 Å². The van der Waals surface area contributed by atoms with Crippen LogP contribution in [0.3, 0.4) is 0 Å². The van der Waals surface area contributed by atoms with Crippen LogP contribution in [0.5, 0.6) is 0 Å². The molecule has 138 valence electrons. The van der Waals surface area contributed by atoms with Crippen molar-refractivity contribution in [3.8, 4) is 0 Å². The van der Waals surface area contributed by atoms with Crippen LogP contribution < -0.4 is 0 Å². The van der Waals surface area contributed by atoms with Gasteiger partial charge in [0, 0.05) is 30.1 Å². The smallest absolute Gasteiger partial charge is 0.165 e. The summed E-state index contributed by atoms with van der Waals surface area (Å²) in [4.78, 5) is 25.7. The third-order valence-corrected chi connectivity index (χ3v) is 5.12. The van der Waals surface area contributed by atoms with Crippen molar-refractivity contribution in [2.45, 2.75) is 26.3 Å². The molecule has 2 aromatic carbocycles. The van der Waals surface area contributed by atoms with Crippen LogP contribution in [-0.4, -0.2) is 30.6 Å². The van der Waals surface area contributed by atoms with Gasteiger partial charge in [-0.2, -0.15) is 0 Å². The molecule has 0 heterocycles. The van der Waals surface area contributed by atoms with Crippen molar-refractivity contribution in [2.75, 3.05) is 13.6 Å².